The van der Waals surface area contributed by atoms with E-state index in [2.05, 4.69) is 52.0 Å². The Bertz CT molecular complexity index is 1120. The van der Waals surface area contributed by atoms with E-state index in [1.54, 1.807) is 7.11 Å². The lowest BCUT2D eigenvalue weighted by molar-refractivity contribution is -0.137. The zero-order chi connectivity index (χ0) is 24.6. The molecule has 3 heterocycles. The molecule has 1 fully saturated rings. The highest BCUT2D eigenvalue weighted by Crippen LogP contribution is 2.32. The van der Waals surface area contributed by atoms with Gasteiger partial charge in [0.25, 0.3) is 0 Å². The first kappa shape index (κ1) is 25.6. The van der Waals surface area contributed by atoms with Crippen LogP contribution in [0.15, 0.2) is 53.8 Å². The topological polar surface area (TPSA) is 67.6 Å². The number of nitrogens with zero attached hydrogens (tertiary/aromatic N) is 3. The van der Waals surface area contributed by atoms with Crippen molar-refractivity contribution in [2.45, 2.75) is 43.6 Å². The number of pyridine rings is 1. The molecule has 0 saturated carbocycles. The molecular formula is C28H37N3O3S. The zero-order valence-corrected chi connectivity index (χ0v) is 21.7. The first-order valence-corrected chi connectivity index (χ1v) is 13.6. The number of carboxylic acid groups (broad SMARTS) is 1. The SMILES string of the molecule is COc1ccc2nccc(CCCC3CCN(CCSc4cccn4C)CC3CCC(=O)O)c2c1. The van der Waals surface area contributed by atoms with Crippen LogP contribution in [0.25, 0.3) is 10.9 Å². The smallest absolute Gasteiger partial charge is 0.303 e. The second kappa shape index (κ2) is 12.5. The number of carboxylic acids is 1. The van der Waals surface area contributed by atoms with E-state index < -0.39 is 5.97 Å². The van der Waals surface area contributed by atoms with Gasteiger partial charge in [-0.15, -0.1) is 11.8 Å². The van der Waals surface area contributed by atoms with E-state index in [0.717, 1.165) is 68.8 Å². The molecule has 188 valence electrons. The number of carbonyl (C=O) groups is 1. The predicted molar refractivity (Wildman–Crippen MR) is 142 cm³/mol. The summed E-state index contributed by atoms with van der Waals surface area (Å²) >= 11 is 1.90. The van der Waals surface area contributed by atoms with Gasteiger partial charge in [0, 0.05) is 50.1 Å². The van der Waals surface area contributed by atoms with Crippen molar-refractivity contribution in [3.63, 3.8) is 0 Å². The molecule has 0 amide bonds. The number of aryl methyl sites for hydroxylation is 2. The van der Waals surface area contributed by atoms with Crippen LogP contribution >= 0.6 is 11.8 Å². The van der Waals surface area contributed by atoms with Gasteiger partial charge in [-0.2, -0.15) is 0 Å². The van der Waals surface area contributed by atoms with Gasteiger partial charge in [-0.3, -0.25) is 9.78 Å². The lowest BCUT2D eigenvalue weighted by Crippen LogP contribution is -2.41. The standard InChI is InChI=1S/C28H37N3O3S/c1-30-15-4-7-27(30)35-18-17-31-16-13-21(23(20-31)8-11-28(32)33)5-3-6-22-12-14-29-26-10-9-24(34-2)19-25(22)26/h4,7,9-10,12,14-15,19,21,23H,3,5-6,8,11,13,16-18,20H2,1-2H3,(H,32,33). The van der Waals surface area contributed by atoms with E-state index >= 15 is 0 Å². The molecule has 2 atom stereocenters. The Morgan fingerprint density at radius 1 is 1.23 bits per heavy atom. The molecule has 0 radical (unpaired) electrons. The summed E-state index contributed by atoms with van der Waals surface area (Å²) in [5, 5.41) is 11.8. The third kappa shape index (κ3) is 7.01. The maximum absolute atomic E-state index is 11.3. The Labute approximate surface area is 212 Å². The zero-order valence-electron chi connectivity index (χ0n) is 20.9. The quantitative estimate of drug-likeness (QED) is 0.335. The maximum atomic E-state index is 11.3. The van der Waals surface area contributed by atoms with Gasteiger partial charge in [0.1, 0.15) is 5.75 Å². The number of aromatic nitrogens is 2. The Balaban J connectivity index is 1.32. The highest BCUT2D eigenvalue weighted by Gasteiger charge is 2.29. The van der Waals surface area contributed by atoms with E-state index in [-0.39, 0.29) is 6.42 Å². The summed E-state index contributed by atoms with van der Waals surface area (Å²) in [6, 6.07) is 12.4. The van der Waals surface area contributed by atoms with Gasteiger partial charge < -0.3 is 19.3 Å². The van der Waals surface area contributed by atoms with Gasteiger partial charge >= 0.3 is 5.97 Å². The molecule has 1 saturated heterocycles. The van der Waals surface area contributed by atoms with Crippen molar-refractivity contribution in [2.75, 3.05) is 32.5 Å². The molecule has 1 aliphatic heterocycles. The fourth-order valence-corrected chi connectivity index (χ4v) is 6.33. The number of ether oxygens (including phenoxy) is 1. The van der Waals surface area contributed by atoms with Crippen LogP contribution < -0.4 is 4.74 Å². The van der Waals surface area contributed by atoms with Gasteiger partial charge in [0.15, 0.2) is 0 Å². The molecule has 4 rings (SSSR count). The lowest BCUT2D eigenvalue weighted by atomic mass is 9.79. The highest BCUT2D eigenvalue weighted by atomic mass is 32.2. The number of aliphatic carboxylic acids is 1. The van der Waals surface area contributed by atoms with Crippen LogP contribution in [0.1, 0.15) is 37.7 Å². The largest absolute Gasteiger partial charge is 0.497 e. The average molecular weight is 496 g/mol. The van der Waals surface area contributed by atoms with Crippen LogP contribution in [0.4, 0.5) is 0 Å². The number of thioether (sulfide) groups is 1. The minimum Gasteiger partial charge on any atom is -0.497 e. The second-order valence-electron chi connectivity index (χ2n) is 9.59. The number of fused-ring (bicyclic) bond motifs is 1. The molecule has 2 unspecified atom stereocenters. The van der Waals surface area contributed by atoms with Crippen LogP contribution in [0, 0.1) is 11.8 Å². The van der Waals surface area contributed by atoms with Crippen molar-refractivity contribution < 1.29 is 14.6 Å². The average Bonchev–Trinajstić information content (AvgIpc) is 3.28. The minimum atomic E-state index is -0.683. The first-order chi connectivity index (χ1) is 17.0. The molecule has 2 aromatic heterocycles. The molecule has 6 nitrogen and oxygen atoms in total. The molecule has 0 bridgehead atoms. The van der Waals surface area contributed by atoms with E-state index in [9.17, 15) is 9.90 Å². The molecule has 1 aliphatic rings. The van der Waals surface area contributed by atoms with E-state index in [1.165, 1.54) is 16.0 Å². The third-order valence-corrected chi connectivity index (χ3v) is 8.42. The van der Waals surface area contributed by atoms with Crippen molar-refractivity contribution in [1.29, 1.82) is 0 Å². The summed E-state index contributed by atoms with van der Waals surface area (Å²) in [7, 11) is 3.78. The molecule has 0 spiro atoms. The van der Waals surface area contributed by atoms with Crippen LogP contribution in [-0.4, -0.2) is 58.0 Å². The van der Waals surface area contributed by atoms with Gasteiger partial charge in [0.2, 0.25) is 0 Å². The molecule has 0 aliphatic carbocycles. The van der Waals surface area contributed by atoms with Crippen LogP contribution in [0.5, 0.6) is 5.75 Å². The first-order valence-electron chi connectivity index (χ1n) is 12.6. The van der Waals surface area contributed by atoms with Gasteiger partial charge in [-0.05, 0) is 92.4 Å². The Morgan fingerprint density at radius 3 is 2.89 bits per heavy atom. The number of piperidine rings is 1. The van der Waals surface area contributed by atoms with E-state index in [4.69, 9.17) is 4.74 Å². The summed E-state index contributed by atoms with van der Waals surface area (Å²) < 4.78 is 7.58. The Hall–Kier alpha value is -2.51. The Kier molecular flexibility index (Phi) is 9.10. The van der Waals surface area contributed by atoms with Gasteiger partial charge in [-0.25, -0.2) is 0 Å². The predicted octanol–water partition coefficient (Wildman–Crippen LogP) is 5.50. The van der Waals surface area contributed by atoms with Gasteiger partial charge in [0.05, 0.1) is 17.7 Å². The van der Waals surface area contributed by atoms with Crippen LogP contribution in [0.3, 0.4) is 0 Å². The number of likely N-dealkylation sites (tertiary alicyclic amines) is 1. The minimum absolute atomic E-state index is 0.266. The number of rotatable bonds is 12. The molecule has 35 heavy (non-hydrogen) atoms. The molecular weight excluding hydrogens is 458 g/mol. The number of methoxy groups -OCH3 is 1. The fourth-order valence-electron chi connectivity index (χ4n) is 5.33. The summed E-state index contributed by atoms with van der Waals surface area (Å²) in [5.74, 6) is 2.28. The second-order valence-corrected chi connectivity index (χ2v) is 10.7. The Morgan fingerprint density at radius 2 is 2.11 bits per heavy atom. The van der Waals surface area contributed by atoms with Crippen LogP contribution in [-0.2, 0) is 18.3 Å². The van der Waals surface area contributed by atoms with Gasteiger partial charge in [-0.1, -0.05) is 0 Å². The van der Waals surface area contributed by atoms with Crippen molar-refractivity contribution in [1.82, 2.24) is 14.5 Å². The molecule has 1 aromatic carbocycles. The summed E-state index contributed by atoms with van der Waals surface area (Å²) in [6.07, 6.45) is 9.43. The van der Waals surface area contributed by atoms with E-state index in [1.807, 2.05) is 30.1 Å². The van der Waals surface area contributed by atoms with Crippen molar-refractivity contribution >= 4 is 28.6 Å². The summed E-state index contributed by atoms with van der Waals surface area (Å²) in [6.45, 7) is 3.18. The third-order valence-electron chi connectivity index (χ3n) is 7.32. The fraction of sp³-hybridized carbons (Fsp3) is 0.500. The maximum Gasteiger partial charge on any atom is 0.303 e. The lowest BCUT2D eigenvalue weighted by Gasteiger charge is -2.39. The number of hydrogen-bond acceptors (Lipinski definition) is 5. The van der Waals surface area contributed by atoms with E-state index in [0.29, 0.717) is 11.8 Å². The summed E-state index contributed by atoms with van der Waals surface area (Å²) in [4.78, 5) is 18.4. The van der Waals surface area contributed by atoms with Crippen molar-refractivity contribution in [2.24, 2.45) is 18.9 Å². The highest BCUT2D eigenvalue weighted by molar-refractivity contribution is 7.99. The molecule has 1 N–H and O–H groups in total. The monoisotopic (exact) mass is 495 g/mol. The normalized spacial score (nSPS) is 18.7. The number of benzene rings is 1. The number of hydrogen-bond donors (Lipinski definition) is 1. The van der Waals surface area contributed by atoms with Crippen LogP contribution in [0.2, 0.25) is 0 Å². The van der Waals surface area contributed by atoms with Crippen molar-refractivity contribution in [3.8, 4) is 5.75 Å². The molecule has 3 aromatic rings. The molecule has 7 heteroatoms. The van der Waals surface area contributed by atoms with Crippen molar-refractivity contribution in [3.05, 3.63) is 54.4 Å². The summed E-state index contributed by atoms with van der Waals surface area (Å²) in [5.41, 5.74) is 2.32.